The van der Waals surface area contributed by atoms with Gasteiger partial charge in [0.05, 0.1) is 0 Å². The molecule has 0 heterocycles. The van der Waals surface area contributed by atoms with Crippen LogP contribution in [0.25, 0.3) is 0 Å². The Morgan fingerprint density at radius 3 is 2.08 bits per heavy atom. The van der Waals surface area contributed by atoms with Gasteiger partial charge in [0.2, 0.25) is 0 Å². The van der Waals surface area contributed by atoms with Gasteiger partial charge in [0, 0.05) is 6.08 Å². The molecule has 0 saturated heterocycles. The predicted octanol–water partition coefficient (Wildman–Crippen LogP) is 0.723. The molecule has 0 atom stereocenters. The lowest BCUT2D eigenvalue weighted by Crippen LogP contribution is -2.28. The fourth-order valence-electron chi connectivity index (χ4n) is 1.60. The maximum atomic E-state index is 11.0. The molecule has 2 rings (SSSR count). The van der Waals surface area contributed by atoms with Gasteiger partial charge < -0.3 is 0 Å². The second-order valence-electron chi connectivity index (χ2n) is 3.70. The Hall–Kier alpha value is -0.830. The topological polar surface area (TPSA) is 55.1 Å². The van der Waals surface area contributed by atoms with Crippen LogP contribution < -0.4 is 11.3 Å². The molecule has 0 aromatic heterocycles. The molecule has 2 aliphatic carbocycles. The van der Waals surface area contributed by atoms with Crippen LogP contribution in [0.5, 0.6) is 0 Å². The molecule has 0 radical (unpaired) electrons. The molecule has 2 aliphatic rings. The SMILES string of the molecule is NNC(=O)C=C(C1CC1)C1CC1. The smallest absolute Gasteiger partial charge is 0.257 e. The third-order valence-electron chi connectivity index (χ3n) is 2.54. The Morgan fingerprint density at radius 2 is 1.75 bits per heavy atom. The number of amides is 1. The van der Waals surface area contributed by atoms with Crippen LogP contribution in [0, 0.1) is 11.8 Å². The van der Waals surface area contributed by atoms with Gasteiger partial charge in [-0.2, -0.15) is 0 Å². The third-order valence-corrected chi connectivity index (χ3v) is 2.54. The minimum atomic E-state index is -0.149. The highest BCUT2D eigenvalue weighted by Gasteiger charge is 2.36. The minimum Gasteiger partial charge on any atom is -0.291 e. The Balaban J connectivity index is 2.03. The summed E-state index contributed by atoms with van der Waals surface area (Å²) in [4.78, 5) is 11.0. The van der Waals surface area contributed by atoms with Crippen LogP contribution in [0.15, 0.2) is 11.6 Å². The number of allylic oxidation sites excluding steroid dienone is 1. The largest absolute Gasteiger partial charge is 0.291 e. The monoisotopic (exact) mass is 166 g/mol. The average molecular weight is 166 g/mol. The zero-order valence-corrected chi connectivity index (χ0v) is 7.05. The van der Waals surface area contributed by atoms with Gasteiger partial charge in [0.15, 0.2) is 0 Å². The van der Waals surface area contributed by atoms with Crippen molar-refractivity contribution in [3.05, 3.63) is 11.6 Å². The summed E-state index contributed by atoms with van der Waals surface area (Å²) >= 11 is 0. The molecule has 0 aliphatic heterocycles. The molecule has 0 aromatic rings. The lowest BCUT2D eigenvalue weighted by molar-refractivity contribution is -0.116. The van der Waals surface area contributed by atoms with E-state index in [0.717, 1.165) is 0 Å². The van der Waals surface area contributed by atoms with E-state index in [1.165, 1.54) is 31.3 Å². The molecule has 3 N–H and O–H groups in total. The standard InChI is InChI=1S/C9H14N2O/c10-11-9(12)5-8(6-1-2-6)7-3-4-7/h5-7H,1-4,10H2,(H,11,12). The van der Waals surface area contributed by atoms with Gasteiger partial charge in [-0.1, -0.05) is 5.57 Å². The number of hydrogen-bond acceptors (Lipinski definition) is 2. The molecule has 2 saturated carbocycles. The molecule has 66 valence electrons. The highest BCUT2D eigenvalue weighted by atomic mass is 16.2. The van der Waals surface area contributed by atoms with E-state index in [1.54, 1.807) is 6.08 Å². The van der Waals surface area contributed by atoms with Crippen LogP contribution in [0.3, 0.4) is 0 Å². The fraction of sp³-hybridized carbons (Fsp3) is 0.667. The fourth-order valence-corrected chi connectivity index (χ4v) is 1.60. The van der Waals surface area contributed by atoms with Crippen LogP contribution in [0.1, 0.15) is 25.7 Å². The predicted molar refractivity (Wildman–Crippen MR) is 45.9 cm³/mol. The number of hydrazine groups is 1. The minimum absolute atomic E-state index is 0.149. The van der Waals surface area contributed by atoms with Crippen molar-refractivity contribution in [2.45, 2.75) is 25.7 Å². The first-order valence-electron chi connectivity index (χ1n) is 4.53. The molecule has 12 heavy (non-hydrogen) atoms. The highest BCUT2D eigenvalue weighted by Crippen LogP contribution is 2.48. The van der Waals surface area contributed by atoms with Crippen molar-refractivity contribution in [2.75, 3.05) is 0 Å². The number of nitrogens with two attached hydrogens (primary N) is 1. The van der Waals surface area contributed by atoms with E-state index in [2.05, 4.69) is 5.43 Å². The average Bonchev–Trinajstić information content (AvgIpc) is 2.87. The van der Waals surface area contributed by atoms with Gasteiger partial charge in [-0.15, -0.1) is 0 Å². The highest BCUT2D eigenvalue weighted by molar-refractivity contribution is 5.88. The quantitative estimate of drug-likeness (QED) is 0.281. The van der Waals surface area contributed by atoms with Gasteiger partial charge in [-0.25, -0.2) is 5.84 Å². The summed E-state index contributed by atoms with van der Waals surface area (Å²) in [5.74, 6) is 6.28. The van der Waals surface area contributed by atoms with Gasteiger partial charge in [0.1, 0.15) is 0 Å². The molecule has 3 nitrogen and oxygen atoms in total. The van der Waals surface area contributed by atoms with Crippen LogP contribution in [0.4, 0.5) is 0 Å². The number of carbonyl (C=O) groups is 1. The van der Waals surface area contributed by atoms with Crippen molar-refractivity contribution in [1.82, 2.24) is 5.43 Å². The van der Waals surface area contributed by atoms with Gasteiger partial charge in [-0.05, 0) is 37.5 Å². The maximum Gasteiger partial charge on any atom is 0.257 e. The molecule has 3 heteroatoms. The second-order valence-corrected chi connectivity index (χ2v) is 3.70. The normalized spacial score (nSPS) is 21.8. The lowest BCUT2D eigenvalue weighted by atomic mass is 10.1. The van der Waals surface area contributed by atoms with Crippen molar-refractivity contribution in [2.24, 2.45) is 17.7 Å². The summed E-state index contributed by atoms with van der Waals surface area (Å²) in [7, 11) is 0. The zero-order valence-electron chi connectivity index (χ0n) is 7.05. The summed E-state index contributed by atoms with van der Waals surface area (Å²) in [5.41, 5.74) is 3.49. The lowest BCUT2D eigenvalue weighted by Gasteiger charge is -2.01. The Bertz CT molecular complexity index is 213. The zero-order chi connectivity index (χ0) is 8.55. The van der Waals surface area contributed by atoms with E-state index in [-0.39, 0.29) is 5.91 Å². The first kappa shape index (κ1) is 7.80. The van der Waals surface area contributed by atoms with Crippen LogP contribution in [-0.4, -0.2) is 5.91 Å². The summed E-state index contributed by atoms with van der Waals surface area (Å²) in [6.45, 7) is 0. The summed E-state index contributed by atoms with van der Waals surface area (Å²) in [6, 6.07) is 0. The van der Waals surface area contributed by atoms with Crippen LogP contribution >= 0.6 is 0 Å². The number of carbonyl (C=O) groups excluding carboxylic acids is 1. The molecule has 1 amide bonds. The molecule has 2 fully saturated rings. The van der Waals surface area contributed by atoms with Crippen LogP contribution in [-0.2, 0) is 4.79 Å². The van der Waals surface area contributed by atoms with Gasteiger partial charge in [0.25, 0.3) is 5.91 Å². The Morgan fingerprint density at radius 1 is 1.25 bits per heavy atom. The number of rotatable bonds is 3. The van der Waals surface area contributed by atoms with E-state index in [4.69, 9.17) is 5.84 Å². The molecule has 0 aromatic carbocycles. The maximum absolute atomic E-state index is 11.0. The van der Waals surface area contributed by atoms with Gasteiger partial charge in [-0.3, -0.25) is 10.2 Å². The number of hydrogen-bond donors (Lipinski definition) is 2. The van der Waals surface area contributed by atoms with Crippen molar-refractivity contribution >= 4 is 5.91 Å². The van der Waals surface area contributed by atoms with E-state index in [9.17, 15) is 4.79 Å². The second kappa shape index (κ2) is 2.90. The van der Waals surface area contributed by atoms with Gasteiger partial charge >= 0.3 is 0 Å². The Kier molecular flexibility index (Phi) is 1.89. The summed E-state index contributed by atoms with van der Waals surface area (Å²) in [6.07, 6.45) is 6.76. The molecular formula is C9H14N2O. The van der Waals surface area contributed by atoms with E-state index < -0.39 is 0 Å². The van der Waals surface area contributed by atoms with E-state index >= 15 is 0 Å². The molecular weight excluding hydrogens is 152 g/mol. The Labute approximate surface area is 72.0 Å². The third kappa shape index (κ3) is 1.67. The molecule has 0 bridgehead atoms. The van der Waals surface area contributed by atoms with Crippen molar-refractivity contribution in [3.8, 4) is 0 Å². The first-order valence-corrected chi connectivity index (χ1v) is 4.53. The van der Waals surface area contributed by atoms with E-state index in [1.807, 2.05) is 0 Å². The van der Waals surface area contributed by atoms with Crippen LogP contribution in [0.2, 0.25) is 0 Å². The molecule has 0 unspecified atom stereocenters. The van der Waals surface area contributed by atoms with Crippen molar-refractivity contribution in [1.29, 1.82) is 0 Å². The molecule has 0 spiro atoms. The van der Waals surface area contributed by atoms with Crippen molar-refractivity contribution < 1.29 is 4.79 Å². The van der Waals surface area contributed by atoms with Crippen molar-refractivity contribution in [3.63, 3.8) is 0 Å². The van der Waals surface area contributed by atoms with E-state index in [0.29, 0.717) is 11.8 Å². The first-order chi connectivity index (χ1) is 5.81. The number of nitrogens with one attached hydrogen (secondary N) is 1. The summed E-state index contributed by atoms with van der Waals surface area (Å²) < 4.78 is 0. The summed E-state index contributed by atoms with van der Waals surface area (Å²) in [5, 5.41) is 0.